The minimum absolute atomic E-state index is 0.123. The molecule has 0 saturated heterocycles. The van der Waals surface area contributed by atoms with Crippen LogP contribution in [0.5, 0.6) is 5.75 Å². The smallest absolute Gasteiger partial charge is 0.344 e. The molecule has 0 aliphatic rings. The van der Waals surface area contributed by atoms with Crippen LogP contribution in [-0.2, 0) is 9.53 Å². The molecule has 0 unspecified atom stereocenters. The molecule has 0 radical (unpaired) electrons. The van der Waals surface area contributed by atoms with Gasteiger partial charge in [0, 0.05) is 6.07 Å². The number of primary amides is 1. The Morgan fingerprint density at radius 1 is 1.39 bits per heavy atom. The van der Waals surface area contributed by atoms with Crippen LogP contribution in [0.1, 0.15) is 24.2 Å². The summed E-state index contributed by atoms with van der Waals surface area (Å²) in [6.07, 6.45) is -0.241. The number of hydrogen-bond acceptors (Lipinski definition) is 4. The molecular formula is C12H14FNO4. The molecule has 5 nitrogen and oxygen atoms in total. The highest BCUT2D eigenvalue weighted by Crippen LogP contribution is 2.16. The second-order valence-electron chi connectivity index (χ2n) is 3.83. The van der Waals surface area contributed by atoms with Crippen molar-refractivity contribution in [1.82, 2.24) is 0 Å². The monoisotopic (exact) mass is 255 g/mol. The Bertz CT molecular complexity index is 459. The van der Waals surface area contributed by atoms with E-state index in [0.29, 0.717) is 0 Å². The molecule has 1 rings (SSSR count). The van der Waals surface area contributed by atoms with Gasteiger partial charge in [-0.15, -0.1) is 0 Å². The van der Waals surface area contributed by atoms with Crippen molar-refractivity contribution >= 4 is 11.9 Å². The highest BCUT2D eigenvalue weighted by Gasteiger charge is 2.11. The van der Waals surface area contributed by atoms with Crippen LogP contribution in [0.4, 0.5) is 4.39 Å². The van der Waals surface area contributed by atoms with Crippen molar-refractivity contribution in [2.45, 2.75) is 20.0 Å². The van der Waals surface area contributed by atoms with Crippen LogP contribution in [-0.4, -0.2) is 24.6 Å². The van der Waals surface area contributed by atoms with E-state index in [1.54, 1.807) is 13.8 Å². The van der Waals surface area contributed by atoms with Gasteiger partial charge in [-0.2, -0.15) is 0 Å². The second kappa shape index (κ2) is 6.00. The van der Waals surface area contributed by atoms with Gasteiger partial charge in [-0.3, -0.25) is 4.79 Å². The Kier molecular flexibility index (Phi) is 4.65. The molecular weight excluding hydrogens is 241 g/mol. The van der Waals surface area contributed by atoms with E-state index >= 15 is 0 Å². The van der Waals surface area contributed by atoms with Crippen LogP contribution in [0.15, 0.2) is 18.2 Å². The lowest BCUT2D eigenvalue weighted by Gasteiger charge is -2.09. The van der Waals surface area contributed by atoms with Crippen LogP contribution in [0, 0.1) is 5.82 Å². The molecule has 0 heterocycles. The number of carbonyl (C=O) groups excluding carboxylic acids is 2. The Morgan fingerprint density at radius 2 is 2.06 bits per heavy atom. The van der Waals surface area contributed by atoms with E-state index in [-0.39, 0.29) is 24.0 Å². The van der Waals surface area contributed by atoms with Crippen molar-refractivity contribution in [1.29, 1.82) is 0 Å². The molecule has 2 N–H and O–H groups in total. The lowest BCUT2D eigenvalue weighted by Crippen LogP contribution is -2.19. The average molecular weight is 255 g/mol. The maximum Gasteiger partial charge on any atom is 0.344 e. The molecule has 0 atom stereocenters. The average Bonchev–Trinajstić information content (AvgIpc) is 2.25. The standard InChI is InChI=1S/C12H14FNO4/c1-7(2)18-11(15)6-17-8-3-4-9(12(14)16)10(13)5-8/h3-5,7H,6H2,1-2H3,(H2,14,16). The molecule has 18 heavy (non-hydrogen) atoms. The van der Waals surface area contributed by atoms with E-state index in [9.17, 15) is 14.0 Å². The molecule has 1 aromatic rings. The predicted molar refractivity (Wildman–Crippen MR) is 61.6 cm³/mol. The van der Waals surface area contributed by atoms with Gasteiger partial charge < -0.3 is 15.2 Å². The number of carbonyl (C=O) groups is 2. The van der Waals surface area contributed by atoms with E-state index in [1.165, 1.54) is 12.1 Å². The number of rotatable bonds is 5. The topological polar surface area (TPSA) is 78.6 Å². The molecule has 6 heteroatoms. The lowest BCUT2D eigenvalue weighted by molar-refractivity contribution is -0.149. The van der Waals surface area contributed by atoms with Gasteiger partial charge in [-0.1, -0.05) is 0 Å². The summed E-state index contributed by atoms with van der Waals surface area (Å²) in [7, 11) is 0. The first kappa shape index (κ1) is 14.0. The number of esters is 1. The summed E-state index contributed by atoms with van der Waals surface area (Å²) in [4.78, 5) is 22.0. The summed E-state index contributed by atoms with van der Waals surface area (Å²) < 4.78 is 23.2. The summed E-state index contributed by atoms with van der Waals surface area (Å²) in [5.74, 6) is -2.09. The number of benzene rings is 1. The van der Waals surface area contributed by atoms with Crippen molar-refractivity contribution in [3.8, 4) is 5.75 Å². The summed E-state index contributed by atoms with van der Waals surface area (Å²) in [6, 6.07) is 3.54. The van der Waals surface area contributed by atoms with Crippen LogP contribution >= 0.6 is 0 Å². The Labute approximate surface area is 104 Å². The summed E-state index contributed by atoms with van der Waals surface area (Å²) >= 11 is 0. The molecule has 0 saturated carbocycles. The third-order valence-corrected chi connectivity index (χ3v) is 1.93. The van der Waals surface area contributed by atoms with E-state index in [0.717, 1.165) is 6.07 Å². The van der Waals surface area contributed by atoms with Gasteiger partial charge in [0.2, 0.25) is 0 Å². The summed E-state index contributed by atoms with van der Waals surface area (Å²) in [5.41, 5.74) is 4.72. The summed E-state index contributed by atoms with van der Waals surface area (Å²) in [5, 5.41) is 0. The highest BCUT2D eigenvalue weighted by atomic mass is 19.1. The predicted octanol–water partition coefficient (Wildman–Crippen LogP) is 1.25. The molecule has 0 fully saturated rings. The number of halogens is 1. The second-order valence-corrected chi connectivity index (χ2v) is 3.83. The van der Waals surface area contributed by atoms with Gasteiger partial charge >= 0.3 is 5.97 Å². The molecule has 1 amide bonds. The summed E-state index contributed by atoms with van der Waals surface area (Å²) in [6.45, 7) is 3.09. The minimum atomic E-state index is -0.863. The van der Waals surface area contributed by atoms with Crippen molar-refractivity contribution in [3.63, 3.8) is 0 Å². The number of ether oxygens (including phenoxy) is 2. The quantitative estimate of drug-likeness (QED) is 0.803. The molecule has 0 aliphatic carbocycles. The van der Waals surface area contributed by atoms with Crippen molar-refractivity contribution in [3.05, 3.63) is 29.6 Å². The molecule has 0 aliphatic heterocycles. The number of hydrogen-bond donors (Lipinski definition) is 1. The zero-order chi connectivity index (χ0) is 13.7. The fourth-order valence-corrected chi connectivity index (χ4v) is 1.22. The normalized spacial score (nSPS) is 10.2. The Hall–Kier alpha value is -2.11. The first-order valence-electron chi connectivity index (χ1n) is 5.31. The molecule has 0 bridgehead atoms. The van der Waals surface area contributed by atoms with E-state index < -0.39 is 17.7 Å². The van der Waals surface area contributed by atoms with Crippen molar-refractivity contribution in [2.75, 3.05) is 6.61 Å². The Balaban J connectivity index is 2.61. The highest BCUT2D eigenvalue weighted by molar-refractivity contribution is 5.93. The van der Waals surface area contributed by atoms with Gasteiger partial charge in [-0.25, -0.2) is 9.18 Å². The minimum Gasteiger partial charge on any atom is -0.482 e. The first-order chi connectivity index (χ1) is 8.40. The molecule has 0 aromatic heterocycles. The lowest BCUT2D eigenvalue weighted by atomic mass is 10.2. The first-order valence-corrected chi connectivity index (χ1v) is 5.31. The SMILES string of the molecule is CC(C)OC(=O)COc1ccc(C(N)=O)c(F)c1. The largest absolute Gasteiger partial charge is 0.482 e. The molecule has 1 aromatic carbocycles. The van der Waals surface area contributed by atoms with Gasteiger partial charge in [-0.05, 0) is 26.0 Å². The van der Waals surface area contributed by atoms with Crippen LogP contribution < -0.4 is 10.5 Å². The fourth-order valence-electron chi connectivity index (χ4n) is 1.22. The zero-order valence-corrected chi connectivity index (χ0v) is 10.1. The van der Waals surface area contributed by atoms with Gasteiger partial charge in [0.05, 0.1) is 11.7 Å². The molecule has 0 spiro atoms. The van der Waals surface area contributed by atoms with E-state index in [1.807, 2.05) is 0 Å². The van der Waals surface area contributed by atoms with E-state index in [2.05, 4.69) is 0 Å². The number of amides is 1. The van der Waals surface area contributed by atoms with Gasteiger partial charge in [0.15, 0.2) is 6.61 Å². The zero-order valence-electron chi connectivity index (χ0n) is 10.1. The van der Waals surface area contributed by atoms with Gasteiger partial charge in [0.25, 0.3) is 5.91 Å². The van der Waals surface area contributed by atoms with E-state index in [4.69, 9.17) is 15.2 Å². The van der Waals surface area contributed by atoms with Gasteiger partial charge in [0.1, 0.15) is 11.6 Å². The van der Waals surface area contributed by atoms with Crippen LogP contribution in [0.25, 0.3) is 0 Å². The maximum absolute atomic E-state index is 13.3. The van der Waals surface area contributed by atoms with Crippen LogP contribution in [0.2, 0.25) is 0 Å². The number of nitrogens with two attached hydrogens (primary N) is 1. The fraction of sp³-hybridized carbons (Fsp3) is 0.333. The van der Waals surface area contributed by atoms with Crippen molar-refractivity contribution < 1.29 is 23.5 Å². The Morgan fingerprint density at radius 3 is 2.56 bits per heavy atom. The van der Waals surface area contributed by atoms with Crippen molar-refractivity contribution in [2.24, 2.45) is 5.73 Å². The third-order valence-electron chi connectivity index (χ3n) is 1.93. The van der Waals surface area contributed by atoms with Crippen LogP contribution in [0.3, 0.4) is 0 Å². The third kappa shape index (κ3) is 4.04. The maximum atomic E-state index is 13.3. The molecule has 98 valence electrons.